The first-order valence-electron chi connectivity index (χ1n) is 15.0. The Labute approximate surface area is 241 Å². The van der Waals surface area contributed by atoms with Crippen LogP contribution >= 0.6 is 0 Å². The highest BCUT2D eigenvalue weighted by Gasteiger charge is 2.45. The third-order valence-corrected chi connectivity index (χ3v) is 9.54. The average Bonchev–Trinajstić information content (AvgIpc) is 3.33. The number of benzene rings is 2. The molecule has 2 saturated heterocycles. The number of nitrogens with zero attached hydrogens (tertiary/aromatic N) is 2. The first kappa shape index (κ1) is 29.6. The van der Waals surface area contributed by atoms with Gasteiger partial charge in [-0.2, -0.15) is 0 Å². The molecule has 41 heavy (non-hydrogen) atoms. The molecule has 2 aliphatic heterocycles. The lowest BCUT2D eigenvalue weighted by Gasteiger charge is -2.36. The second-order valence-corrected chi connectivity index (χ2v) is 13.2. The van der Waals surface area contributed by atoms with Crippen molar-refractivity contribution in [1.82, 2.24) is 15.1 Å². The number of hydrogen-bond acceptors (Lipinski definition) is 3. The molecule has 2 amide bonds. The Hall–Kier alpha value is -2.87. The van der Waals surface area contributed by atoms with Crippen LogP contribution in [-0.2, 0) is 9.59 Å². The Balaban J connectivity index is 1.29. The van der Waals surface area contributed by atoms with Crippen molar-refractivity contribution >= 4 is 11.8 Å². The van der Waals surface area contributed by atoms with Gasteiger partial charge in [0.1, 0.15) is 17.5 Å². The van der Waals surface area contributed by atoms with Crippen molar-refractivity contribution in [1.29, 1.82) is 0 Å². The number of likely N-dealkylation sites (tertiary alicyclic amines) is 2. The highest BCUT2D eigenvalue weighted by atomic mass is 19.1. The van der Waals surface area contributed by atoms with Crippen molar-refractivity contribution in [3.8, 4) is 0 Å². The summed E-state index contributed by atoms with van der Waals surface area (Å²) >= 11 is 0. The molecule has 0 spiro atoms. The lowest BCUT2D eigenvalue weighted by Crippen LogP contribution is -2.44. The van der Waals surface area contributed by atoms with Gasteiger partial charge in [-0.1, -0.05) is 18.6 Å². The van der Waals surface area contributed by atoms with Crippen molar-refractivity contribution in [3.05, 3.63) is 70.5 Å². The van der Waals surface area contributed by atoms with E-state index in [2.05, 4.69) is 31.0 Å². The van der Waals surface area contributed by atoms with E-state index in [9.17, 15) is 22.8 Å². The zero-order valence-corrected chi connectivity index (χ0v) is 24.6. The zero-order valence-electron chi connectivity index (χ0n) is 24.6. The Bertz CT molecular complexity index is 1280. The van der Waals surface area contributed by atoms with Crippen LogP contribution in [0.25, 0.3) is 0 Å². The second-order valence-electron chi connectivity index (χ2n) is 13.2. The third kappa shape index (κ3) is 6.32. The van der Waals surface area contributed by atoms with Crippen molar-refractivity contribution in [2.45, 2.75) is 83.2 Å². The minimum atomic E-state index is -0.626. The molecule has 5 rings (SSSR count). The fourth-order valence-corrected chi connectivity index (χ4v) is 6.74. The van der Waals surface area contributed by atoms with E-state index in [0.29, 0.717) is 31.7 Å². The molecule has 3 atom stereocenters. The smallest absolute Gasteiger partial charge is 0.227 e. The number of carbonyl (C=O) groups is 2. The molecular weight excluding hydrogens is 527 g/mol. The van der Waals surface area contributed by atoms with Crippen molar-refractivity contribution in [3.63, 3.8) is 0 Å². The van der Waals surface area contributed by atoms with E-state index in [1.54, 1.807) is 0 Å². The third-order valence-electron chi connectivity index (χ3n) is 9.54. The molecule has 1 aliphatic carbocycles. The number of halogens is 3. The summed E-state index contributed by atoms with van der Waals surface area (Å²) in [5, 5.41) is 3.08. The van der Waals surface area contributed by atoms with Crippen LogP contribution in [0, 0.1) is 29.3 Å². The van der Waals surface area contributed by atoms with E-state index < -0.39 is 17.6 Å². The minimum absolute atomic E-state index is 0.00406. The van der Waals surface area contributed by atoms with Gasteiger partial charge in [-0.15, -0.1) is 0 Å². The maximum absolute atomic E-state index is 14.9. The second kappa shape index (κ2) is 11.8. The molecule has 2 aromatic rings. The van der Waals surface area contributed by atoms with Gasteiger partial charge in [0.15, 0.2) is 0 Å². The van der Waals surface area contributed by atoms with Crippen molar-refractivity contribution in [2.24, 2.45) is 11.8 Å². The van der Waals surface area contributed by atoms with E-state index in [0.717, 1.165) is 49.3 Å². The lowest BCUT2D eigenvalue weighted by atomic mass is 9.82. The van der Waals surface area contributed by atoms with Gasteiger partial charge in [0.05, 0.1) is 12.0 Å². The van der Waals surface area contributed by atoms with Gasteiger partial charge >= 0.3 is 0 Å². The van der Waals surface area contributed by atoms with Gasteiger partial charge in [-0.05, 0) is 94.2 Å². The number of nitrogens with one attached hydrogen (secondary N) is 1. The summed E-state index contributed by atoms with van der Waals surface area (Å²) in [6.07, 6.45) is 4.33. The first-order chi connectivity index (χ1) is 19.4. The summed E-state index contributed by atoms with van der Waals surface area (Å²) in [6.45, 7) is 10.3. The molecule has 1 saturated carbocycles. The molecule has 0 radical (unpaired) electrons. The topological polar surface area (TPSA) is 52.7 Å². The number of amides is 2. The highest BCUT2D eigenvalue weighted by molar-refractivity contribution is 5.81. The van der Waals surface area contributed by atoms with Crippen molar-refractivity contribution < 1.29 is 22.8 Å². The van der Waals surface area contributed by atoms with Crippen LogP contribution in [0.15, 0.2) is 36.4 Å². The summed E-state index contributed by atoms with van der Waals surface area (Å²) in [6, 6.07) is 8.17. The van der Waals surface area contributed by atoms with Gasteiger partial charge in [-0.25, -0.2) is 13.2 Å². The number of piperidine rings is 1. The number of carbonyl (C=O) groups excluding carboxylic acids is 2. The average molecular weight is 570 g/mol. The van der Waals surface area contributed by atoms with E-state index in [-0.39, 0.29) is 47.0 Å². The van der Waals surface area contributed by atoms with E-state index in [1.807, 2.05) is 17.9 Å². The van der Waals surface area contributed by atoms with E-state index in [1.165, 1.54) is 24.3 Å². The molecule has 2 heterocycles. The quantitative estimate of drug-likeness (QED) is 0.444. The van der Waals surface area contributed by atoms with Gasteiger partial charge in [0, 0.05) is 49.6 Å². The monoisotopic (exact) mass is 569 g/mol. The maximum Gasteiger partial charge on any atom is 0.227 e. The Morgan fingerprint density at radius 2 is 1.54 bits per heavy atom. The summed E-state index contributed by atoms with van der Waals surface area (Å²) in [4.78, 5) is 30.6. The Kier molecular flexibility index (Phi) is 8.51. The molecular formula is C33H42F3N3O2. The molecule has 3 aliphatic rings. The number of hydrogen-bond donors (Lipinski definition) is 1. The van der Waals surface area contributed by atoms with Gasteiger partial charge in [0.2, 0.25) is 11.8 Å². The minimum Gasteiger partial charge on any atom is -0.349 e. The van der Waals surface area contributed by atoms with E-state index in [4.69, 9.17) is 0 Å². The van der Waals surface area contributed by atoms with Crippen molar-refractivity contribution in [2.75, 3.05) is 26.2 Å². The molecule has 222 valence electrons. The van der Waals surface area contributed by atoms with Gasteiger partial charge < -0.3 is 10.2 Å². The summed E-state index contributed by atoms with van der Waals surface area (Å²) < 4.78 is 42.9. The molecule has 1 N–H and O–H groups in total. The molecule has 8 heteroatoms. The largest absolute Gasteiger partial charge is 0.349 e. The van der Waals surface area contributed by atoms with Crippen LogP contribution in [0.2, 0.25) is 0 Å². The van der Waals surface area contributed by atoms with Crippen LogP contribution in [0.1, 0.15) is 94.4 Å². The van der Waals surface area contributed by atoms with Gasteiger partial charge in [-0.3, -0.25) is 14.5 Å². The summed E-state index contributed by atoms with van der Waals surface area (Å²) in [5.74, 6) is -2.11. The van der Waals surface area contributed by atoms with E-state index >= 15 is 0 Å². The molecule has 2 aromatic carbocycles. The predicted molar refractivity (Wildman–Crippen MR) is 153 cm³/mol. The Morgan fingerprint density at radius 3 is 2.12 bits per heavy atom. The van der Waals surface area contributed by atoms with Crippen LogP contribution in [0.4, 0.5) is 13.2 Å². The first-order valence-corrected chi connectivity index (χ1v) is 15.0. The Morgan fingerprint density at radius 1 is 0.902 bits per heavy atom. The van der Waals surface area contributed by atoms with Crippen LogP contribution in [0.5, 0.6) is 0 Å². The van der Waals surface area contributed by atoms with Crippen LogP contribution in [-0.4, -0.2) is 53.3 Å². The standard InChI is InChI=1S/C33H42F3N3O2/c1-20(37-31(40)22-6-5-7-22)27-16-23(34)8-10-25(27)21-12-14-38(15-13-21)32(41)29-19-39(33(2,3)4)18-28(29)26-11-9-24(35)17-30(26)36/h8-11,16-17,20-22,28-29H,5-7,12-15,18-19H2,1-4H3,(H,37,40)/t20?,28-,29+/m0/s1. The van der Waals surface area contributed by atoms with Crippen LogP contribution in [0.3, 0.4) is 0 Å². The van der Waals surface area contributed by atoms with Crippen LogP contribution < -0.4 is 5.32 Å². The molecule has 3 fully saturated rings. The highest BCUT2D eigenvalue weighted by Crippen LogP contribution is 2.40. The normalized spacial score (nSPS) is 23.3. The lowest BCUT2D eigenvalue weighted by molar-refractivity contribution is -0.136. The number of rotatable bonds is 6. The predicted octanol–water partition coefficient (Wildman–Crippen LogP) is 6.30. The zero-order chi connectivity index (χ0) is 29.5. The summed E-state index contributed by atoms with van der Waals surface area (Å²) in [5.41, 5.74) is 2.01. The molecule has 0 bridgehead atoms. The molecule has 1 unspecified atom stereocenters. The fraction of sp³-hybridized carbons (Fsp3) is 0.576. The SMILES string of the molecule is CC(NC(=O)C1CCC1)c1cc(F)ccc1C1CCN(C(=O)[C@@H]2CN(C(C)(C)C)C[C@H]2c2ccc(F)cc2F)CC1. The molecule has 5 nitrogen and oxygen atoms in total. The van der Waals surface area contributed by atoms with Gasteiger partial charge in [0.25, 0.3) is 0 Å². The maximum atomic E-state index is 14.9. The fourth-order valence-electron chi connectivity index (χ4n) is 6.74. The summed E-state index contributed by atoms with van der Waals surface area (Å²) in [7, 11) is 0. The molecule has 0 aromatic heterocycles.